The van der Waals surface area contributed by atoms with Crippen molar-refractivity contribution in [3.63, 3.8) is 0 Å². The van der Waals surface area contributed by atoms with Gasteiger partial charge in [0.1, 0.15) is 0 Å². The average Bonchev–Trinajstić information content (AvgIpc) is 3.08. The lowest BCUT2D eigenvalue weighted by Crippen LogP contribution is -2.49. The number of aromatic hydroxyl groups is 1. The zero-order chi connectivity index (χ0) is 22.0. The van der Waals surface area contributed by atoms with Crippen LogP contribution in [0.4, 0.5) is 5.69 Å². The monoisotopic (exact) mass is 441 g/mol. The molecule has 1 aromatic heterocycles. The Bertz CT molecular complexity index is 1230. The number of para-hydroxylation sites is 1. The standard InChI is InChI=1S/C21H23N5O4S/c1-15-6-8-16(9-7-15)31(29,30)26-12-10-25(11-13-26)14-19(27)23-24-20-17-4-2-3-5-18(17)22-21(20)28/h2-9,22,28H,10-14H2,1H3. The second-order valence-corrected chi connectivity index (χ2v) is 9.39. The van der Waals surface area contributed by atoms with Crippen LogP contribution in [0.3, 0.4) is 0 Å². The molecule has 1 aliphatic heterocycles. The molecule has 10 heteroatoms. The molecule has 0 unspecified atom stereocenters. The molecule has 0 radical (unpaired) electrons. The van der Waals surface area contributed by atoms with Crippen molar-refractivity contribution in [1.29, 1.82) is 0 Å². The molecular weight excluding hydrogens is 418 g/mol. The first-order chi connectivity index (χ1) is 14.8. The molecule has 31 heavy (non-hydrogen) atoms. The van der Waals surface area contributed by atoms with Crippen molar-refractivity contribution in [3.05, 3.63) is 54.1 Å². The molecular formula is C21H23N5O4S. The predicted molar refractivity (Wildman–Crippen MR) is 116 cm³/mol. The number of hydrogen-bond donors (Lipinski definition) is 2. The van der Waals surface area contributed by atoms with Gasteiger partial charge < -0.3 is 10.1 Å². The Balaban J connectivity index is 1.35. The van der Waals surface area contributed by atoms with Gasteiger partial charge in [-0.2, -0.15) is 4.31 Å². The number of sulfonamides is 1. The van der Waals surface area contributed by atoms with Crippen LogP contribution in [-0.4, -0.2) is 66.3 Å². The van der Waals surface area contributed by atoms with E-state index in [9.17, 15) is 18.3 Å². The fourth-order valence-corrected chi connectivity index (χ4v) is 4.95. The van der Waals surface area contributed by atoms with E-state index in [2.05, 4.69) is 15.2 Å². The van der Waals surface area contributed by atoms with Crippen molar-refractivity contribution in [1.82, 2.24) is 14.2 Å². The van der Waals surface area contributed by atoms with Crippen molar-refractivity contribution >= 4 is 32.5 Å². The van der Waals surface area contributed by atoms with Crippen LogP contribution < -0.4 is 0 Å². The van der Waals surface area contributed by atoms with Crippen LogP contribution in [0.5, 0.6) is 5.88 Å². The van der Waals surface area contributed by atoms with Crippen LogP contribution in [-0.2, 0) is 14.8 Å². The van der Waals surface area contributed by atoms with E-state index < -0.39 is 15.9 Å². The third kappa shape index (κ3) is 4.50. The van der Waals surface area contributed by atoms with Crippen molar-refractivity contribution in [2.45, 2.75) is 11.8 Å². The van der Waals surface area contributed by atoms with E-state index in [1.807, 2.05) is 17.9 Å². The van der Waals surface area contributed by atoms with Gasteiger partial charge in [-0.3, -0.25) is 9.69 Å². The highest BCUT2D eigenvalue weighted by atomic mass is 32.2. The molecule has 2 N–H and O–H groups in total. The Labute approximate surface area is 180 Å². The van der Waals surface area contributed by atoms with Gasteiger partial charge in [-0.05, 0) is 25.1 Å². The normalized spacial score (nSPS) is 16.3. The van der Waals surface area contributed by atoms with Crippen LogP contribution in [0.15, 0.2) is 63.7 Å². The zero-order valence-electron chi connectivity index (χ0n) is 17.0. The summed E-state index contributed by atoms with van der Waals surface area (Å²) in [7, 11) is -3.55. The lowest BCUT2D eigenvalue weighted by molar-refractivity contribution is -0.119. The fourth-order valence-electron chi connectivity index (χ4n) is 3.53. The molecule has 0 spiro atoms. The summed E-state index contributed by atoms with van der Waals surface area (Å²) in [6.45, 7) is 3.37. The summed E-state index contributed by atoms with van der Waals surface area (Å²) in [6.07, 6.45) is 0. The van der Waals surface area contributed by atoms with Crippen molar-refractivity contribution in [2.24, 2.45) is 10.2 Å². The highest BCUT2D eigenvalue weighted by Gasteiger charge is 2.29. The fraction of sp³-hybridized carbons (Fsp3) is 0.286. The average molecular weight is 442 g/mol. The summed E-state index contributed by atoms with van der Waals surface area (Å²) >= 11 is 0. The summed E-state index contributed by atoms with van der Waals surface area (Å²) in [5.41, 5.74) is 1.92. The Morgan fingerprint density at radius 1 is 1.06 bits per heavy atom. The van der Waals surface area contributed by atoms with E-state index in [1.54, 1.807) is 42.5 Å². The number of hydrogen-bond acceptors (Lipinski definition) is 6. The lowest BCUT2D eigenvalue weighted by Gasteiger charge is -2.33. The Hall–Kier alpha value is -3.08. The number of benzene rings is 2. The highest BCUT2D eigenvalue weighted by molar-refractivity contribution is 7.89. The molecule has 3 aromatic rings. The maximum atomic E-state index is 12.8. The minimum Gasteiger partial charge on any atom is -0.493 e. The Kier molecular flexibility index (Phi) is 5.86. The number of nitrogens with one attached hydrogen (secondary N) is 1. The quantitative estimate of drug-likeness (QED) is 0.590. The van der Waals surface area contributed by atoms with Gasteiger partial charge in [0.2, 0.25) is 15.9 Å². The van der Waals surface area contributed by atoms with Gasteiger partial charge in [0.15, 0.2) is 5.69 Å². The minimum atomic E-state index is -3.55. The third-order valence-corrected chi connectivity index (χ3v) is 7.18. The minimum absolute atomic E-state index is 0.0328. The molecule has 162 valence electrons. The highest BCUT2D eigenvalue weighted by Crippen LogP contribution is 2.35. The van der Waals surface area contributed by atoms with Crippen LogP contribution in [0, 0.1) is 6.92 Å². The van der Waals surface area contributed by atoms with Crippen molar-refractivity contribution in [3.8, 4) is 5.88 Å². The van der Waals surface area contributed by atoms with Gasteiger partial charge in [-0.15, -0.1) is 10.2 Å². The van der Waals surface area contributed by atoms with Crippen LogP contribution in [0.2, 0.25) is 0 Å². The third-order valence-electron chi connectivity index (χ3n) is 5.27. The van der Waals surface area contributed by atoms with Gasteiger partial charge in [0.25, 0.3) is 5.91 Å². The Morgan fingerprint density at radius 2 is 1.74 bits per heavy atom. The van der Waals surface area contributed by atoms with E-state index in [1.165, 1.54) is 4.31 Å². The second-order valence-electron chi connectivity index (χ2n) is 7.45. The first-order valence-corrected chi connectivity index (χ1v) is 11.3. The maximum absolute atomic E-state index is 12.8. The van der Waals surface area contributed by atoms with Crippen LogP contribution in [0.1, 0.15) is 5.56 Å². The lowest BCUT2D eigenvalue weighted by atomic mass is 10.2. The van der Waals surface area contributed by atoms with Gasteiger partial charge in [0, 0.05) is 31.6 Å². The van der Waals surface area contributed by atoms with E-state index in [0.29, 0.717) is 37.1 Å². The summed E-state index contributed by atoms with van der Waals surface area (Å²) in [4.78, 5) is 17.2. The number of aryl methyl sites for hydroxylation is 1. The summed E-state index contributed by atoms with van der Waals surface area (Å²) in [6, 6.07) is 14.0. The maximum Gasteiger partial charge on any atom is 0.278 e. The SMILES string of the molecule is Cc1ccc(S(=O)(=O)N2CCN(CC(=O)N=Nc3c(O)[nH]c4ccccc34)CC2)cc1. The number of nitrogens with zero attached hydrogens (tertiary/aromatic N) is 4. The first-order valence-electron chi connectivity index (χ1n) is 9.88. The molecule has 0 saturated carbocycles. The van der Waals surface area contributed by atoms with Crippen LogP contribution >= 0.6 is 0 Å². The molecule has 4 rings (SSSR count). The molecule has 2 aromatic carbocycles. The van der Waals surface area contributed by atoms with E-state index in [-0.39, 0.29) is 23.0 Å². The number of rotatable bonds is 5. The zero-order valence-corrected chi connectivity index (χ0v) is 17.8. The predicted octanol–water partition coefficient (Wildman–Crippen LogP) is 2.80. The Morgan fingerprint density at radius 3 is 2.45 bits per heavy atom. The molecule has 0 atom stereocenters. The van der Waals surface area contributed by atoms with E-state index >= 15 is 0 Å². The molecule has 2 heterocycles. The number of fused-ring (bicyclic) bond motifs is 1. The molecule has 1 fully saturated rings. The first kappa shape index (κ1) is 21.2. The van der Waals surface area contributed by atoms with Gasteiger partial charge >= 0.3 is 0 Å². The molecule has 1 saturated heterocycles. The largest absolute Gasteiger partial charge is 0.493 e. The number of piperazine rings is 1. The number of aromatic amines is 1. The summed E-state index contributed by atoms with van der Waals surface area (Å²) in [5, 5.41) is 18.3. The smallest absolute Gasteiger partial charge is 0.278 e. The van der Waals surface area contributed by atoms with E-state index in [4.69, 9.17) is 0 Å². The molecule has 0 bridgehead atoms. The number of carbonyl (C=O) groups is 1. The molecule has 9 nitrogen and oxygen atoms in total. The topological polar surface area (TPSA) is 118 Å². The number of aromatic nitrogens is 1. The van der Waals surface area contributed by atoms with Crippen molar-refractivity contribution in [2.75, 3.05) is 32.7 Å². The molecule has 1 amide bonds. The van der Waals surface area contributed by atoms with Gasteiger partial charge in [-0.25, -0.2) is 8.42 Å². The number of azo groups is 1. The number of H-pyrrole nitrogens is 1. The second kappa shape index (κ2) is 8.58. The molecule has 0 aliphatic carbocycles. The van der Waals surface area contributed by atoms with E-state index in [0.717, 1.165) is 5.56 Å². The van der Waals surface area contributed by atoms with Gasteiger partial charge in [0.05, 0.1) is 17.0 Å². The van der Waals surface area contributed by atoms with Gasteiger partial charge in [-0.1, -0.05) is 35.9 Å². The summed E-state index contributed by atoms with van der Waals surface area (Å²) in [5.74, 6) is -0.604. The van der Waals surface area contributed by atoms with Crippen molar-refractivity contribution < 1.29 is 18.3 Å². The number of carbonyl (C=O) groups excluding carboxylic acids is 1. The van der Waals surface area contributed by atoms with Crippen LogP contribution in [0.25, 0.3) is 10.9 Å². The number of amides is 1. The molecule has 1 aliphatic rings. The summed E-state index contributed by atoms with van der Waals surface area (Å²) < 4.78 is 27.0.